The summed E-state index contributed by atoms with van der Waals surface area (Å²) in [5.74, 6) is 0.320. The monoisotopic (exact) mass is 344 g/mol. The number of halogens is 2. The van der Waals surface area contributed by atoms with Crippen LogP contribution in [0.1, 0.15) is 33.1 Å². The van der Waals surface area contributed by atoms with E-state index in [-0.39, 0.29) is 35.6 Å². The molecule has 0 aromatic heterocycles. The minimum absolute atomic E-state index is 0. The highest BCUT2D eigenvalue weighted by Gasteiger charge is 2.34. The fourth-order valence-corrected chi connectivity index (χ4v) is 2.72. The van der Waals surface area contributed by atoms with Crippen molar-refractivity contribution in [2.24, 2.45) is 11.1 Å². The van der Waals surface area contributed by atoms with Crippen molar-refractivity contribution in [1.82, 2.24) is 4.90 Å². The highest BCUT2D eigenvalue weighted by Crippen LogP contribution is 2.28. The number of piperidine rings is 1. The molecule has 0 bridgehead atoms. The number of nitrogens with two attached hydrogens (primary N) is 1. The number of amides is 1. The number of hydrogen-bond donors (Lipinski definition) is 1. The molecule has 0 saturated carbocycles. The van der Waals surface area contributed by atoms with Gasteiger partial charge in [0.05, 0.1) is 6.61 Å². The van der Waals surface area contributed by atoms with E-state index in [1.165, 1.54) is 12.1 Å². The van der Waals surface area contributed by atoms with Crippen molar-refractivity contribution in [3.05, 3.63) is 30.1 Å². The van der Waals surface area contributed by atoms with Gasteiger partial charge in [0.1, 0.15) is 11.6 Å². The summed E-state index contributed by atoms with van der Waals surface area (Å²) in [7, 11) is 0. The lowest BCUT2D eigenvalue weighted by molar-refractivity contribution is -0.134. The van der Waals surface area contributed by atoms with Crippen LogP contribution in [0.2, 0.25) is 0 Å². The van der Waals surface area contributed by atoms with Gasteiger partial charge in [-0.3, -0.25) is 4.79 Å². The molecular formula is C17H26ClFN2O2. The predicted octanol–water partition coefficient (Wildman–Crippen LogP) is 2.99. The average molecular weight is 345 g/mol. The van der Waals surface area contributed by atoms with Crippen molar-refractivity contribution in [3.63, 3.8) is 0 Å². The molecule has 1 aromatic rings. The highest BCUT2D eigenvalue weighted by molar-refractivity contribution is 5.85. The summed E-state index contributed by atoms with van der Waals surface area (Å²) < 4.78 is 18.5. The second kappa shape index (κ2) is 8.50. The molecule has 130 valence electrons. The molecule has 0 spiro atoms. The van der Waals surface area contributed by atoms with Crippen LogP contribution in [0, 0.1) is 11.2 Å². The minimum atomic E-state index is -0.319. The number of nitrogens with zero attached hydrogens (tertiary/aromatic N) is 1. The van der Waals surface area contributed by atoms with Gasteiger partial charge in [-0.25, -0.2) is 4.39 Å². The topological polar surface area (TPSA) is 55.6 Å². The molecule has 23 heavy (non-hydrogen) atoms. The van der Waals surface area contributed by atoms with Crippen LogP contribution in [-0.4, -0.2) is 36.5 Å². The second-order valence-corrected chi connectivity index (χ2v) is 6.61. The Morgan fingerprint density at radius 1 is 1.48 bits per heavy atom. The fourth-order valence-electron chi connectivity index (χ4n) is 2.72. The number of likely N-dealkylation sites (tertiary alicyclic amines) is 1. The van der Waals surface area contributed by atoms with Gasteiger partial charge in [-0.1, -0.05) is 19.9 Å². The van der Waals surface area contributed by atoms with Crippen LogP contribution in [0.25, 0.3) is 0 Å². The van der Waals surface area contributed by atoms with Crippen LogP contribution in [0.5, 0.6) is 5.75 Å². The molecule has 2 N–H and O–H groups in total. The van der Waals surface area contributed by atoms with Gasteiger partial charge in [0.15, 0.2) is 0 Å². The van der Waals surface area contributed by atoms with E-state index in [1.807, 2.05) is 4.90 Å². The summed E-state index contributed by atoms with van der Waals surface area (Å²) in [4.78, 5) is 14.1. The van der Waals surface area contributed by atoms with E-state index >= 15 is 0 Å². The van der Waals surface area contributed by atoms with Crippen molar-refractivity contribution in [1.29, 1.82) is 0 Å². The van der Waals surface area contributed by atoms with Crippen LogP contribution < -0.4 is 10.5 Å². The van der Waals surface area contributed by atoms with Gasteiger partial charge in [-0.15, -0.1) is 12.4 Å². The molecule has 1 atom stereocenters. The molecule has 1 fully saturated rings. The van der Waals surface area contributed by atoms with Crippen LogP contribution in [0.15, 0.2) is 24.3 Å². The van der Waals surface area contributed by atoms with E-state index in [0.717, 1.165) is 13.0 Å². The van der Waals surface area contributed by atoms with Crippen molar-refractivity contribution in [2.75, 3.05) is 19.7 Å². The average Bonchev–Trinajstić information content (AvgIpc) is 2.46. The van der Waals surface area contributed by atoms with Gasteiger partial charge in [0.2, 0.25) is 5.91 Å². The van der Waals surface area contributed by atoms with Crippen LogP contribution in [0.4, 0.5) is 4.39 Å². The molecule has 1 aliphatic heterocycles. The number of hydrogen-bond acceptors (Lipinski definition) is 3. The van der Waals surface area contributed by atoms with Crippen molar-refractivity contribution < 1.29 is 13.9 Å². The van der Waals surface area contributed by atoms with Crippen molar-refractivity contribution in [2.45, 2.75) is 39.2 Å². The summed E-state index contributed by atoms with van der Waals surface area (Å²) in [6, 6.07) is 6.18. The minimum Gasteiger partial charge on any atom is -0.493 e. The summed E-state index contributed by atoms with van der Waals surface area (Å²) in [5.41, 5.74) is 6.05. The van der Waals surface area contributed by atoms with Gasteiger partial charge in [0.25, 0.3) is 0 Å². The van der Waals surface area contributed by atoms with E-state index in [4.69, 9.17) is 10.5 Å². The summed E-state index contributed by atoms with van der Waals surface area (Å²) >= 11 is 0. The normalized spacial score (nSPS) is 19.8. The summed E-state index contributed by atoms with van der Waals surface area (Å²) in [6.45, 7) is 6.05. The molecule has 6 heteroatoms. The number of carbonyl (C=O) groups is 1. The van der Waals surface area contributed by atoms with Crippen LogP contribution in [0.3, 0.4) is 0 Å². The molecule has 1 heterocycles. The number of carbonyl (C=O) groups excluding carboxylic acids is 1. The fraction of sp³-hybridized carbons (Fsp3) is 0.588. The maximum absolute atomic E-state index is 13.0. The maximum atomic E-state index is 13.0. The predicted molar refractivity (Wildman–Crippen MR) is 91.3 cm³/mol. The Balaban J connectivity index is 0.00000264. The third kappa shape index (κ3) is 5.66. The Hall–Kier alpha value is -1.33. The second-order valence-electron chi connectivity index (χ2n) is 6.61. The van der Waals surface area contributed by atoms with Crippen LogP contribution >= 0.6 is 12.4 Å². The smallest absolute Gasteiger partial charge is 0.222 e. The molecule has 1 aromatic carbocycles. The standard InChI is InChI=1S/C17H25FN2O2.ClH/c1-17(2)12-20(9-8-15(17)19)16(21)7-4-10-22-14-6-3-5-13(18)11-14;/h3,5-6,11,15H,4,7-10,12,19H2,1-2H3;1H. The first-order valence-electron chi connectivity index (χ1n) is 7.80. The molecule has 0 radical (unpaired) electrons. The summed E-state index contributed by atoms with van der Waals surface area (Å²) in [6.07, 6.45) is 1.91. The van der Waals surface area contributed by atoms with Gasteiger partial charge >= 0.3 is 0 Å². The highest BCUT2D eigenvalue weighted by atomic mass is 35.5. The van der Waals surface area contributed by atoms with Gasteiger partial charge in [-0.2, -0.15) is 0 Å². The van der Waals surface area contributed by atoms with Gasteiger partial charge < -0.3 is 15.4 Å². The Labute approximate surface area is 143 Å². The third-order valence-electron chi connectivity index (χ3n) is 4.26. The Morgan fingerprint density at radius 3 is 2.87 bits per heavy atom. The third-order valence-corrected chi connectivity index (χ3v) is 4.26. The Morgan fingerprint density at radius 2 is 2.22 bits per heavy atom. The lowest BCUT2D eigenvalue weighted by atomic mass is 9.79. The zero-order chi connectivity index (χ0) is 16.2. The van der Waals surface area contributed by atoms with Gasteiger partial charge in [-0.05, 0) is 30.4 Å². The summed E-state index contributed by atoms with van der Waals surface area (Å²) in [5, 5.41) is 0. The zero-order valence-electron chi connectivity index (χ0n) is 13.8. The molecular weight excluding hydrogens is 319 g/mol. The zero-order valence-corrected chi connectivity index (χ0v) is 14.6. The lowest BCUT2D eigenvalue weighted by Crippen LogP contribution is -2.54. The quantitative estimate of drug-likeness (QED) is 0.835. The molecule has 1 saturated heterocycles. The number of rotatable bonds is 5. The van der Waals surface area contributed by atoms with E-state index < -0.39 is 0 Å². The molecule has 1 aliphatic rings. The largest absolute Gasteiger partial charge is 0.493 e. The SMILES string of the molecule is CC1(C)CN(C(=O)CCCOc2cccc(F)c2)CCC1N.Cl. The first-order chi connectivity index (χ1) is 10.4. The van der Waals surface area contributed by atoms with Crippen LogP contribution in [-0.2, 0) is 4.79 Å². The first kappa shape index (κ1) is 19.7. The Bertz CT molecular complexity index is 525. The maximum Gasteiger partial charge on any atom is 0.222 e. The Kier molecular flexibility index (Phi) is 7.29. The van der Waals surface area contributed by atoms with E-state index in [9.17, 15) is 9.18 Å². The number of benzene rings is 1. The molecule has 4 nitrogen and oxygen atoms in total. The van der Waals surface area contributed by atoms with Gasteiger partial charge in [0, 0.05) is 31.6 Å². The molecule has 2 rings (SSSR count). The van der Waals surface area contributed by atoms with E-state index in [1.54, 1.807) is 12.1 Å². The van der Waals surface area contributed by atoms with E-state index in [2.05, 4.69) is 13.8 Å². The van der Waals surface area contributed by atoms with E-state index in [0.29, 0.717) is 31.7 Å². The molecule has 1 unspecified atom stereocenters. The number of ether oxygens (including phenoxy) is 1. The van der Waals surface area contributed by atoms with Crippen molar-refractivity contribution in [3.8, 4) is 5.75 Å². The molecule has 0 aliphatic carbocycles. The first-order valence-corrected chi connectivity index (χ1v) is 7.80. The molecule has 1 amide bonds. The lowest BCUT2D eigenvalue weighted by Gasteiger charge is -2.42. The van der Waals surface area contributed by atoms with Crippen molar-refractivity contribution >= 4 is 18.3 Å².